The molecule has 0 unspecified atom stereocenters. The molecule has 0 saturated heterocycles. The Hall–Kier alpha value is -0.630. The van der Waals surface area contributed by atoms with Gasteiger partial charge in [-0.05, 0) is 22.4 Å². The van der Waals surface area contributed by atoms with Crippen LogP contribution in [0.3, 0.4) is 0 Å². The second kappa shape index (κ2) is 3.62. The van der Waals surface area contributed by atoms with Gasteiger partial charge in [-0.1, -0.05) is 27.7 Å². The van der Waals surface area contributed by atoms with Crippen molar-refractivity contribution < 1.29 is 4.79 Å². The van der Waals surface area contributed by atoms with Gasteiger partial charge in [0.25, 0.3) is 0 Å². The van der Waals surface area contributed by atoms with Crippen LogP contribution in [0.15, 0.2) is 11.4 Å². The zero-order valence-corrected chi connectivity index (χ0v) is 9.49. The van der Waals surface area contributed by atoms with Crippen LogP contribution in [0, 0.1) is 0 Å². The first kappa shape index (κ1) is 10.5. The van der Waals surface area contributed by atoms with Crippen LogP contribution in [-0.4, -0.2) is 5.78 Å². The lowest BCUT2D eigenvalue weighted by Gasteiger charge is -2.15. The SMILES string of the molecule is CCC(=O)c1cc(C(C)(C)C)cs1. The van der Waals surface area contributed by atoms with Crippen molar-refractivity contribution in [1.82, 2.24) is 0 Å². The van der Waals surface area contributed by atoms with E-state index in [4.69, 9.17) is 0 Å². The summed E-state index contributed by atoms with van der Waals surface area (Å²) in [6.45, 7) is 8.39. The Labute approximate surface area is 83.8 Å². The van der Waals surface area contributed by atoms with Gasteiger partial charge in [0.15, 0.2) is 5.78 Å². The summed E-state index contributed by atoms with van der Waals surface area (Å²) >= 11 is 1.56. The molecule has 0 amide bonds. The van der Waals surface area contributed by atoms with E-state index in [2.05, 4.69) is 26.2 Å². The second-order valence-electron chi connectivity index (χ2n) is 4.23. The van der Waals surface area contributed by atoms with E-state index in [9.17, 15) is 4.79 Å². The summed E-state index contributed by atoms with van der Waals surface area (Å²) in [5.74, 6) is 0.250. The predicted molar refractivity (Wildman–Crippen MR) is 57.6 cm³/mol. The lowest BCUT2D eigenvalue weighted by atomic mass is 9.89. The third-order valence-electron chi connectivity index (χ3n) is 2.06. The van der Waals surface area contributed by atoms with Gasteiger partial charge in [-0.25, -0.2) is 0 Å². The highest BCUT2D eigenvalue weighted by Gasteiger charge is 2.17. The van der Waals surface area contributed by atoms with Crippen molar-refractivity contribution in [3.05, 3.63) is 21.9 Å². The average Bonchev–Trinajstić information content (AvgIpc) is 2.50. The smallest absolute Gasteiger partial charge is 0.172 e. The molecule has 72 valence electrons. The quantitative estimate of drug-likeness (QED) is 0.660. The molecule has 0 atom stereocenters. The number of thiophene rings is 1. The molecule has 13 heavy (non-hydrogen) atoms. The normalized spacial score (nSPS) is 11.7. The molecule has 1 heterocycles. The van der Waals surface area contributed by atoms with E-state index >= 15 is 0 Å². The molecule has 1 aromatic heterocycles. The molecule has 0 fully saturated rings. The number of hydrogen-bond acceptors (Lipinski definition) is 2. The molecular weight excluding hydrogens is 180 g/mol. The van der Waals surface area contributed by atoms with Crippen molar-refractivity contribution in [2.24, 2.45) is 0 Å². The van der Waals surface area contributed by atoms with E-state index < -0.39 is 0 Å². The third kappa shape index (κ3) is 2.41. The minimum atomic E-state index is 0.156. The van der Waals surface area contributed by atoms with Crippen LogP contribution >= 0.6 is 11.3 Å². The molecule has 0 saturated carbocycles. The molecule has 2 heteroatoms. The first-order chi connectivity index (χ1) is 5.95. The topological polar surface area (TPSA) is 17.1 Å². The van der Waals surface area contributed by atoms with Crippen molar-refractivity contribution >= 4 is 17.1 Å². The Morgan fingerprint density at radius 3 is 2.46 bits per heavy atom. The molecule has 0 aromatic carbocycles. The second-order valence-corrected chi connectivity index (χ2v) is 5.14. The van der Waals surface area contributed by atoms with Gasteiger partial charge in [0.2, 0.25) is 0 Å². The minimum absolute atomic E-state index is 0.156. The van der Waals surface area contributed by atoms with E-state index in [0.29, 0.717) is 6.42 Å². The van der Waals surface area contributed by atoms with Crippen LogP contribution in [0.2, 0.25) is 0 Å². The Balaban J connectivity index is 2.93. The molecule has 0 aliphatic carbocycles. The summed E-state index contributed by atoms with van der Waals surface area (Å²) in [6.07, 6.45) is 0.601. The zero-order valence-electron chi connectivity index (χ0n) is 8.68. The number of hydrogen-bond donors (Lipinski definition) is 0. The summed E-state index contributed by atoms with van der Waals surface area (Å²) in [7, 11) is 0. The molecule has 1 rings (SSSR count). The van der Waals surface area contributed by atoms with Gasteiger partial charge in [-0.2, -0.15) is 0 Å². The largest absolute Gasteiger partial charge is 0.293 e. The van der Waals surface area contributed by atoms with E-state index in [-0.39, 0.29) is 11.2 Å². The molecule has 0 aliphatic rings. The lowest BCUT2D eigenvalue weighted by Crippen LogP contribution is -2.09. The van der Waals surface area contributed by atoms with Crippen LogP contribution in [0.25, 0.3) is 0 Å². The highest BCUT2D eigenvalue weighted by molar-refractivity contribution is 7.12. The van der Waals surface area contributed by atoms with Gasteiger partial charge in [0, 0.05) is 6.42 Å². The van der Waals surface area contributed by atoms with Gasteiger partial charge in [0.05, 0.1) is 4.88 Å². The molecular formula is C11H16OS. The fourth-order valence-electron chi connectivity index (χ4n) is 1.05. The molecule has 0 radical (unpaired) electrons. The van der Waals surface area contributed by atoms with Crippen LogP contribution in [0.1, 0.15) is 49.4 Å². The molecule has 1 aromatic rings. The minimum Gasteiger partial charge on any atom is -0.293 e. The van der Waals surface area contributed by atoms with E-state index in [1.54, 1.807) is 11.3 Å². The first-order valence-electron chi connectivity index (χ1n) is 4.57. The maximum Gasteiger partial charge on any atom is 0.172 e. The van der Waals surface area contributed by atoms with Crippen LogP contribution in [0.5, 0.6) is 0 Å². The number of rotatable bonds is 2. The highest BCUT2D eigenvalue weighted by Crippen LogP contribution is 2.27. The maximum absolute atomic E-state index is 11.4. The molecule has 0 N–H and O–H groups in total. The summed E-state index contributed by atoms with van der Waals surface area (Å²) in [5, 5.41) is 2.09. The Bertz CT molecular complexity index is 304. The molecule has 1 nitrogen and oxygen atoms in total. The van der Waals surface area contributed by atoms with E-state index in [1.165, 1.54) is 5.56 Å². The van der Waals surface area contributed by atoms with Crippen molar-refractivity contribution in [3.8, 4) is 0 Å². The summed E-state index contributed by atoms with van der Waals surface area (Å²) in [5.41, 5.74) is 1.41. The van der Waals surface area contributed by atoms with Crippen LogP contribution in [0.4, 0.5) is 0 Å². The fourth-order valence-corrected chi connectivity index (χ4v) is 2.20. The van der Waals surface area contributed by atoms with E-state index in [0.717, 1.165) is 4.88 Å². The first-order valence-corrected chi connectivity index (χ1v) is 5.45. The van der Waals surface area contributed by atoms with Crippen LogP contribution in [-0.2, 0) is 5.41 Å². The number of carbonyl (C=O) groups is 1. The fraction of sp³-hybridized carbons (Fsp3) is 0.545. The lowest BCUT2D eigenvalue weighted by molar-refractivity contribution is 0.0992. The zero-order chi connectivity index (χ0) is 10.1. The van der Waals surface area contributed by atoms with Gasteiger partial charge in [-0.15, -0.1) is 11.3 Å². The van der Waals surface area contributed by atoms with E-state index in [1.807, 2.05) is 13.0 Å². The summed E-state index contributed by atoms with van der Waals surface area (Å²) in [6, 6.07) is 2.02. The average molecular weight is 196 g/mol. The third-order valence-corrected chi connectivity index (χ3v) is 3.03. The summed E-state index contributed by atoms with van der Waals surface area (Å²) < 4.78 is 0. The maximum atomic E-state index is 11.4. The molecule has 0 spiro atoms. The van der Waals surface area contributed by atoms with Crippen LogP contribution < -0.4 is 0 Å². The Kier molecular flexibility index (Phi) is 2.91. The molecule has 0 bridgehead atoms. The van der Waals surface area contributed by atoms with Crippen molar-refractivity contribution in [1.29, 1.82) is 0 Å². The summed E-state index contributed by atoms with van der Waals surface area (Å²) in [4.78, 5) is 12.3. The van der Waals surface area contributed by atoms with Gasteiger partial charge in [0.1, 0.15) is 0 Å². The number of carbonyl (C=O) groups excluding carboxylic acids is 1. The Morgan fingerprint density at radius 1 is 1.46 bits per heavy atom. The van der Waals surface area contributed by atoms with Crippen molar-refractivity contribution in [3.63, 3.8) is 0 Å². The van der Waals surface area contributed by atoms with Gasteiger partial charge < -0.3 is 0 Å². The standard InChI is InChI=1S/C11H16OS/c1-5-9(12)10-6-8(7-13-10)11(2,3)4/h6-7H,5H2,1-4H3. The monoisotopic (exact) mass is 196 g/mol. The Morgan fingerprint density at radius 2 is 2.08 bits per heavy atom. The van der Waals surface area contributed by atoms with Gasteiger partial charge in [-0.3, -0.25) is 4.79 Å². The van der Waals surface area contributed by atoms with Gasteiger partial charge >= 0.3 is 0 Å². The molecule has 0 aliphatic heterocycles. The number of ketones is 1. The predicted octanol–water partition coefficient (Wildman–Crippen LogP) is 3.64. The number of Topliss-reactive ketones (excluding diaryl/α,β-unsaturated/α-hetero) is 1. The van der Waals surface area contributed by atoms with Crippen molar-refractivity contribution in [2.45, 2.75) is 39.5 Å². The van der Waals surface area contributed by atoms with Crippen molar-refractivity contribution in [2.75, 3.05) is 0 Å². The highest BCUT2D eigenvalue weighted by atomic mass is 32.1.